The molecule has 5 heteroatoms. The molecule has 0 aliphatic rings. The van der Waals surface area contributed by atoms with Gasteiger partial charge in [-0.3, -0.25) is 4.79 Å². The van der Waals surface area contributed by atoms with Crippen molar-refractivity contribution in [1.29, 1.82) is 0 Å². The second-order valence-electron chi connectivity index (χ2n) is 3.38. The summed E-state index contributed by atoms with van der Waals surface area (Å²) >= 11 is 0. The maximum Gasteiger partial charge on any atom is 0.196 e. The van der Waals surface area contributed by atoms with Crippen LogP contribution in [0.4, 0.5) is 0 Å². The van der Waals surface area contributed by atoms with Gasteiger partial charge >= 0.3 is 0 Å². The van der Waals surface area contributed by atoms with Crippen molar-refractivity contribution >= 4 is 11.0 Å². The fraction of sp³-hybridized carbons (Fsp3) is 0.182. The minimum Gasteiger partial charge on any atom is -0.507 e. The van der Waals surface area contributed by atoms with Crippen LogP contribution in [0.15, 0.2) is 27.4 Å². The van der Waals surface area contributed by atoms with E-state index >= 15 is 0 Å². The second kappa shape index (κ2) is 3.96. The number of aliphatic hydroxyl groups is 2. The molecule has 84 valence electrons. The molecule has 5 nitrogen and oxygen atoms in total. The topological polar surface area (TPSA) is 90.9 Å². The van der Waals surface area contributed by atoms with Crippen molar-refractivity contribution in [2.75, 3.05) is 0 Å². The number of hydrogen-bond acceptors (Lipinski definition) is 5. The van der Waals surface area contributed by atoms with Gasteiger partial charge in [0.25, 0.3) is 0 Å². The third-order valence-electron chi connectivity index (χ3n) is 2.26. The van der Waals surface area contributed by atoms with E-state index in [4.69, 9.17) is 14.6 Å². The Morgan fingerprint density at radius 3 is 2.50 bits per heavy atom. The van der Waals surface area contributed by atoms with Crippen molar-refractivity contribution in [2.45, 2.75) is 13.2 Å². The molecule has 0 aliphatic heterocycles. The molecule has 0 atom stereocenters. The van der Waals surface area contributed by atoms with Gasteiger partial charge < -0.3 is 19.7 Å². The van der Waals surface area contributed by atoms with Crippen LogP contribution < -0.4 is 5.43 Å². The number of benzene rings is 1. The third-order valence-corrected chi connectivity index (χ3v) is 2.26. The van der Waals surface area contributed by atoms with E-state index in [1.807, 2.05) is 0 Å². The van der Waals surface area contributed by atoms with Crippen LogP contribution >= 0.6 is 0 Å². The van der Waals surface area contributed by atoms with E-state index in [1.165, 1.54) is 12.1 Å². The average molecular weight is 222 g/mol. The Kier molecular flexibility index (Phi) is 2.64. The van der Waals surface area contributed by atoms with Gasteiger partial charge in [-0.15, -0.1) is 0 Å². The van der Waals surface area contributed by atoms with Crippen molar-refractivity contribution < 1.29 is 19.7 Å². The van der Waals surface area contributed by atoms with Gasteiger partial charge in [-0.1, -0.05) is 0 Å². The largest absolute Gasteiger partial charge is 0.507 e. The molecule has 0 fully saturated rings. The lowest BCUT2D eigenvalue weighted by molar-refractivity contribution is 0.248. The van der Waals surface area contributed by atoms with Gasteiger partial charge in [0.2, 0.25) is 0 Å². The van der Waals surface area contributed by atoms with Crippen LogP contribution in [0.3, 0.4) is 0 Å². The Balaban J connectivity index is 2.84. The summed E-state index contributed by atoms with van der Waals surface area (Å²) in [5.41, 5.74) is 0.163. The molecule has 1 heterocycles. The van der Waals surface area contributed by atoms with Gasteiger partial charge in [0.1, 0.15) is 29.1 Å². The average Bonchev–Trinajstić information content (AvgIpc) is 2.27. The summed E-state index contributed by atoms with van der Waals surface area (Å²) in [5.74, 6) is -0.119. The van der Waals surface area contributed by atoms with E-state index in [-0.39, 0.29) is 29.1 Å². The van der Waals surface area contributed by atoms with Gasteiger partial charge in [-0.2, -0.15) is 0 Å². The summed E-state index contributed by atoms with van der Waals surface area (Å²) in [7, 11) is 0. The highest BCUT2D eigenvalue weighted by Gasteiger charge is 2.10. The molecule has 16 heavy (non-hydrogen) atoms. The van der Waals surface area contributed by atoms with E-state index in [2.05, 4.69) is 0 Å². The summed E-state index contributed by atoms with van der Waals surface area (Å²) in [6.07, 6.45) is 0. The molecule has 0 spiro atoms. The lowest BCUT2D eigenvalue weighted by Gasteiger charge is -2.04. The highest BCUT2D eigenvalue weighted by atomic mass is 16.4. The van der Waals surface area contributed by atoms with Crippen molar-refractivity contribution in [3.63, 3.8) is 0 Å². The van der Waals surface area contributed by atoms with Crippen LogP contribution in [0.5, 0.6) is 5.75 Å². The molecule has 1 aromatic heterocycles. The number of rotatable bonds is 2. The molecule has 1 aromatic carbocycles. The summed E-state index contributed by atoms with van der Waals surface area (Å²) < 4.78 is 5.19. The van der Waals surface area contributed by atoms with Crippen molar-refractivity contribution in [1.82, 2.24) is 0 Å². The van der Waals surface area contributed by atoms with E-state index < -0.39 is 12.0 Å². The Labute approximate surface area is 90.2 Å². The Hall–Kier alpha value is -1.85. The smallest absolute Gasteiger partial charge is 0.196 e. The van der Waals surface area contributed by atoms with Crippen molar-refractivity contribution in [3.8, 4) is 5.75 Å². The fourth-order valence-electron chi connectivity index (χ4n) is 1.54. The first-order chi connectivity index (χ1) is 7.65. The van der Waals surface area contributed by atoms with Crippen molar-refractivity contribution in [3.05, 3.63) is 39.7 Å². The molecular formula is C11H10O5. The quantitative estimate of drug-likeness (QED) is 0.687. The fourth-order valence-corrected chi connectivity index (χ4v) is 1.54. The van der Waals surface area contributed by atoms with Gasteiger partial charge in [0.15, 0.2) is 5.43 Å². The first-order valence-corrected chi connectivity index (χ1v) is 4.66. The molecule has 0 amide bonds. The number of hydrogen-bond donors (Lipinski definition) is 3. The van der Waals surface area contributed by atoms with Crippen LogP contribution in [0.1, 0.15) is 11.3 Å². The number of aliphatic hydroxyl groups excluding tert-OH is 2. The predicted octanol–water partition coefficient (Wildman–Crippen LogP) is 0.483. The van der Waals surface area contributed by atoms with Gasteiger partial charge in [-0.25, -0.2) is 0 Å². The summed E-state index contributed by atoms with van der Waals surface area (Å²) in [6, 6.07) is 3.88. The standard InChI is InChI=1S/C11H10O5/c12-4-6-1-8(14)11-9(15)3-7(5-13)16-10(11)2-6/h1-3,12-14H,4-5H2. The Morgan fingerprint density at radius 2 is 1.88 bits per heavy atom. The summed E-state index contributed by atoms with van der Waals surface area (Å²) in [5, 5.41) is 27.5. The maximum absolute atomic E-state index is 11.6. The molecule has 0 radical (unpaired) electrons. The van der Waals surface area contributed by atoms with E-state index in [9.17, 15) is 9.90 Å². The zero-order valence-corrected chi connectivity index (χ0v) is 8.30. The monoisotopic (exact) mass is 222 g/mol. The zero-order chi connectivity index (χ0) is 11.7. The molecule has 0 bridgehead atoms. The lowest BCUT2D eigenvalue weighted by atomic mass is 10.1. The normalized spacial score (nSPS) is 10.9. The molecular weight excluding hydrogens is 212 g/mol. The first kappa shape index (κ1) is 10.7. The molecule has 0 saturated heterocycles. The van der Waals surface area contributed by atoms with Gasteiger partial charge in [-0.05, 0) is 17.7 Å². The van der Waals surface area contributed by atoms with Gasteiger partial charge in [0, 0.05) is 6.07 Å². The second-order valence-corrected chi connectivity index (χ2v) is 3.38. The first-order valence-electron chi connectivity index (χ1n) is 4.66. The Morgan fingerprint density at radius 1 is 1.12 bits per heavy atom. The number of phenols is 1. The SMILES string of the molecule is O=c1cc(CO)oc2cc(CO)cc(O)c12. The maximum atomic E-state index is 11.6. The molecule has 2 rings (SSSR count). The van der Waals surface area contributed by atoms with Crippen LogP contribution in [0, 0.1) is 0 Å². The predicted molar refractivity (Wildman–Crippen MR) is 56.0 cm³/mol. The Bertz CT molecular complexity index is 579. The van der Waals surface area contributed by atoms with E-state index in [0.717, 1.165) is 6.07 Å². The highest BCUT2D eigenvalue weighted by molar-refractivity contribution is 5.83. The van der Waals surface area contributed by atoms with Crippen LogP contribution in [-0.4, -0.2) is 15.3 Å². The third kappa shape index (κ3) is 1.66. The van der Waals surface area contributed by atoms with Crippen LogP contribution in [0.25, 0.3) is 11.0 Å². The van der Waals surface area contributed by atoms with E-state index in [1.54, 1.807) is 0 Å². The number of phenolic OH excluding ortho intramolecular Hbond substituents is 1. The number of aromatic hydroxyl groups is 1. The summed E-state index contributed by atoms with van der Waals surface area (Å²) in [6.45, 7) is -0.661. The zero-order valence-electron chi connectivity index (χ0n) is 8.30. The molecule has 0 aliphatic carbocycles. The van der Waals surface area contributed by atoms with Crippen LogP contribution in [-0.2, 0) is 13.2 Å². The highest BCUT2D eigenvalue weighted by Crippen LogP contribution is 2.24. The van der Waals surface area contributed by atoms with E-state index in [0.29, 0.717) is 5.56 Å². The molecule has 0 unspecified atom stereocenters. The van der Waals surface area contributed by atoms with Crippen molar-refractivity contribution in [2.24, 2.45) is 0 Å². The summed E-state index contributed by atoms with van der Waals surface area (Å²) in [4.78, 5) is 11.6. The minimum atomic E-state index is -0.424. The van der Waals surface area contributed by atoms with Crippen LogP contribution in [0.2, 0.25) is 0 Å². The minimum absolute atomic E-state index is 0.0504. The lowest BCUT2D eigenvalue weighted by Crippen LogP contribution is -2.03. The number of fused-ring (bicyclic) bond motifs is 1. The molecule has 2 aromatic rings. The molecule has 0 saturated carbocycles. The molecule has 3 N–H and O–H groups in total. The van der Waals surface area contributed by atoms with Gasteiger partial charge in [0.05, 0.1) is 6.61 Å².